The Morgan fingerprint density at radius 2 is 2.38 bits per heavy atom. The Labute approximate surface area is 127 Å². The molecule has 0 unspecified atom stereocenters. The van der Waals surface area contributed by atoms with Gasteiger partial charge in [0, 0.05) is 26.0 Å². The van der Waals surface area contributed by atoms with E-state index in [0.29, 0.717) is 31.1 Å². The van der Waals surface area contributed by atoms with Crippen LogP contribution in [0.2, 0.25) is 0 Å². The number of anilines is 1. The van der Waals surface area contributed by atoms with Gasteiger partial charge in [-0.1, -0.05) is 6.07 Å². The molecule has 0 atom stereocenters. The van der Waals surface area contributed by atoms with Crippen molar-refractivity contribution in [2.75, 3.05) is 25.5 Å². The molecular weight excluding hydrogens is 288 g/mol. The van der Waals surface area contributed by atoms with Gasteiger partial charge in [0.05, 0.1) is 10.4 Å². The van der Waals surface area contributed by atoms with Gasteiger partial charge in [0.1, 0.15) is 5.82 Å². The molecule has 21 heavy (non-hydrogen) atoms. The zero-order chi connectivity index (χ0) is 15.1. The van der Waals surface area contributed by atoms with Crippen LogP contribution in [0.5, 0.6) is 0 Å². The Kier molecular flexibility index (Phi) is 5.65. The van der Waals surface area contributed by atoms with Crippen LogP contribution in [0.3, 0.4) is 0 Å². The monoisotopic (exact) mass is 306 g/mol. The molecule has 3 N–H and O–H groups in total. The summed E-state index contributed by atoms with van der Waals surface area (Å²) >= 11 is 1.53. The number of carbonyl (C=O) groups is 1. The summed E-state index contributed by atoms with van der Waals surface area (Å²) in [6, 6.07) is 3.82. The molecule has 0 saturated carbocycles. The summed E-state index contributed by atoms with van der Waals surface area (Å²) in [5.41, 5.74) is 6.15. The summed E-state index contributed by atoms with van der Waals surface area (Å²) in [5.74, 6) is 0.466. The normalized spacial score (nSPS) is 10.5. The first-order valence-electron chi connectivity index (χ1n) is 6.74. The van der Waals surface area contributed by atoms with E-state index in [2.05, 4.69) is 15.3 Å². The number of nitrogens with one attached hydrogen (secondary N) is 1. The number of ether oxygens (including phenoxy) is 1. The second-order valence-electron chi connectivity index (χ2n) is 4.28. The zero-order valence-electron chi connectivity index (χ0n) is 11.8. The van der Waals surface area contributed by atoms with Gasteiger partial charge < -0.3 is 15.8 Å². The predicted molar refractivity (Wildman–Crippen MR) is 83.2 cm³/mol. The van der Waals surface area contributed by atoms with Crippen LogP contribution in [0.1, 0.15) is 23.7 Å². The van der Waals surface area contributed by atoms with E-state index >= 15 is 0 Å². The highest BCUT2D eigenvalue weighted by atomic mass is 32.1. The molecule has 0 spiro atoms. The molecule has 2 heterocycles. The van der Waals surface area contributed by atoms with Crippen LogP contribution in [0, 0.1) is 0 Å². The van der Waals surface area contributed by atoms with Crippen molar-refractivity contribution in [2.45, 2.75) is 13.3 Å². The highest BCUT2D eigenvalue weighted by Gasteiger charge is 2.13. The number of thiophene rings is 1. The molecule has 112 valence electrons. The first-order valence-corrected chi connectivity index (χ1v) is 7.62. The van der Waals surface area contributed by atoms with Crippen molar-refractivity contribution in [3.8, 4) is 10.7 Å². The van der Waals surface area contributed by atoms with Gasteiger partial charge in [-0.2, -0.15) is 0 Å². The summed E-state index contributed by atoms with van der Waals surface area (Å²) in [6.07, 6.45) is 2.23. The Balaban J connectivity index is 1.95. The fourth-order valence-corrected chi connectivity index (χ4v) is 2.37. The molecule has 0 aliphatic rings. The molecule has 0 aliphatic carbocycles. The van der Waals surface area contributed by atoms with Crippen molar-refractivity contribution in [3.63, 3.8) is 0 Å². The van der Waals surface area contributed by atoms with Gasteiger partial charge in [-0.15, -0.1) is 11.3 Å². The molecule has 2 rings (SSSR count). The molecule has 0 saturated heterocycles. The summed E-state index contributed by atoms with van der Waals surface area (Å²) in [5, 5.41) is 4.71. The smallest absolute Gasteiger partial charge is 0.256 e. The van der Waals surface area contributed by atoms with E-state index in [4.69, 9.17) is 10.5 Å². The molecule has 6 nitrogen and oxygen atoms in total. The lowest BCUT2D eigenvalue weighted by molar-refractivity contribution is 0.0944. The van der Waals surface area contributed by atoms with Crippen LogP contribution in [-0.4, -0.2) is 35.6 Å². The van der Waals surface area contributed by atoms with E-state index in [0.717, 1.165) is 11.3 Å². The molecule has 0 aliphatic heterocycles. The third-order valence-electron chi connectivity index (χ3n) is 2.76. The largest absolute Gasteiger partial charge is 0.383 e. The molecule has 0 fully saturated rings. The first-order chi connectivity index (χ1) is 10.2. The Hall–Kier alpha value is -1.99. The quantitative estimate of drug-likeness (QED) is 0.763. The van der Waals surface area contributed by atoms with Crippen molar-refractivity contribution >= 4 is 23.1 Å². The van der Waals surface area contributed by atoms with Gasteiger partial charge in [0.2, 0.25) is 0 Å². The lowest BCUT2D eigenvalue weighted by Gasteiger charge is -2.07. The fourth-order valence-electron chi connectivity index (χ4n) is 1.71. The van der Waals surface area contributed by atoms with E-state index < -0.39 is 0 Å². The summed E-state index contributed by atoms with van der Waals surface area (Å²) in [7, 11) is 0. The zero-order valence-corrected chi connectivity index (χ0v) is 12.7. The number of hydrogen-bond donors (Lipinski definition) is 2. The van der Waals surface area contributed by atoms with Crippen molar-refractivity contribution < 1.29 is 9.53 Å². The van der Waals surface area contributed by atoms with Crippen molar-refractivity contribution in [2.24, 2.45) is 0 Å². The van der Waals surface area contributed by atoms with Crippen LogP contribution in [0.25, 0.3) is 10.7 Å². The van der Waals surface area contributed by atoms with Crippen LogP contribution in [-0.2, 0) is 4.74 Å². The third-order valence-corrected chi connectivity index (χ3v) is 3.63. The minimum atomic E-state index is -0.262. The number of aromatic nitrogens is 2. The molecule has 0 radical (unpaired) electrons. The molecule has 7 heteroatoms. The van der Waals surface area contributed by atoms with Crippen molar-refractivity contribution in [1.82, 2.24) is 15.3 Å². The van der Waals surface area contributed by atoms with Crippen LogP contribution < -0.4 is 11.1 Å². The molecule has 0 aromatic carbocycles. The lowest BCUT2D eigenvalue weighted by atomic mass is 10.2. The molecule has 0 bridgehead atoms. The molecular formula is C14H18N4O2S. The average molecular weight is 306 g/mol. The number of nitrogens with zero attached hydrogens (tertiary/aromatic N) is 2. The second-order valence-corrected chi connectivity index (χ2v) is 5.22. The van der Waals surface area contributed by atoms with E-state index in [-0.39, 0.29) is 11.7 Å². The van der Waals surface area contributed by atoms with E-state index in [1.165, 1.54) is 17.5 Å². The van der Waals surface area contributed by atoms with Crippen molar-refractivity contribution in [1.29, 1.82) is 0 Å². The van der Waals surface area contributed by atoms with Crippen LogP contribution in [0.4, 0.5) is 5.82 Å². The maximum Gasteiger partial charge on any atom is 0.256 e. The number of nitrogen functional groups attached to an aromatic ring is 1. The maximum absolute atomic E-state index is 12.0. The van der Waals surface area contributed by atoms with Crippen LogP contribution in [0.15, 0.2) is 23.7 Å². The highest BCUT2D eigenvalue weighted by Crippen LogP contribution is 2.22. The Morgan fingerprint density at radius 1 is 1.52 bits per heavy atom. The minimum absolute atomic E-state index is 0.190. The van der Waals surface area contributed by atoms with E-state index in [1.807, 2.05) is 24.4 Å². The number of hydrogen-bond acceptors (Lipinski definition) is 6. The first kappa shape index (κ1) is 15.4. The van der Waals surface area contributed by atoms with Gasteiger partial charge in [0.15, 0.2) is 5.82 Å². The second kappa shape index (κ2) is 7.70. The number of carbonyl (C=O) groups excluding carboxylic acids is 1. The topological polar surface area (TPSA) is 90.1 Å². The average Bonchev–Trinajstić information content (AvgIpc) is 3.01. The van der Waals surface area contributed by atoms with Crippen LogP contribution >= 0.6 is 11.3 Å². The molecule has 2 aromatic heterocycles. The van der Waals surface area contributed by atoms with Gasteiger partial charge in [-0.05, 0) is 24.8 Å². The van der Waals surface area contributed by atoms with Gasteiger partial charge in [0.25, 0.3) is 5.91 Å². The summed E-state index contributed by atoms with van der Waals surface area (Å²) < 4.78 is 5.20. The fraction of sp³-hybridized carbons (Fsp3) is 0.357. The standard InChI is InChI=1S/C14H18N4O2S/c1-2-20-7-4-6-16-14(19)10-9-17-13(18-12(10)15)11-5-3-8-21-11/h3,5,8-9H,2,4,6-7H2,1H3,(H,16,19)(H2,15,17,18). The Morgan fingerprint density at radius 3 is 3.05 bits per heavy atom. The highest BCUT2D eigenvalue weighted by molar-refractivity contribution is 7.13. The Bertz CT molecular complexity index is 587. The third kappa shape index (κ3) is 4.24. The summed E-state index contributed by atoms with van der Waals surface area (Å²) in [6.45, 7) is 3.77. The minimum Gasteiger partial charge on any atom is -0.383 e. The maximum atomic E-state index is 12.0. The number of amides is 1. The number of rotatable bonds is 7. The van der Waals surface area contributed by atoms with Gasteiger partial charge >= 0.3 is 0 Å². The lowest BCUT2D eigenvalue weighted by Crippen LogP contribution is -2.26. The molecule has 2 aromatic rings. The van der Waals surface area contributed by atoms with E-state index in [1.54, 1.807) is 0 Å². The van der Waals surface area contributed by atoms with Crippen molar-refractivity contribution in [3.05, 3.63) is 29.3 Å². The number of nitrogens with two attached hydrogens (primary N) is 1. The van der Waals surface area contributed by atoms with Gasteiger partial charge in [-0.25, -0.2) is 9.97 Å². The molecule has 1 amide bonds. The predicted octanol–water partition coefficient (Wildman–Crippen LogP) is 1.94. The van der Waals surface area contributed by atoms with E-state index in [9.17, 15) is 4.79 Å². The SMILES string of the molecule is CCOCCCNC(=O)c1cnc(-c2cccs2)nc1N. The summed E-state index contributed by atoms with van der Waals surface area (Å²) in [4.78, 5) is 21.3. The van der Waals surface area contributed by atoms with Gasteiger partial charge in [-0.3, -0.25) is 4.79 Å².